The number of carbonyl (C=O) groups is 1. The normalized spacial score (nSPS) is 10.6. The van der Waals surface area contributed by atoms with E-state index in [1.165, 1.54) is 5.01 Å². The van der Waals surface area contributed by atoms with Crippen LogP contribution in [-0.4, -0.2) is 29.5 Å². The summed E-state index contributed by atoms with van der Waals surface area (Å²) in [7, 11) is 1.57. The summed E-state index contributed by atoms with van der Waals surface area (Å²) in [4.78, 5) is 11.3. The third kappa shape index (κ3) is 6.13. The summed E-state index contributed by atoms with van der Waals surface area (Å²) in [6, 6.07) is 0. The third-order valence-corrected chi connectivity index (χ3v) is 1.01. The molecule has 13 heavy (non-hydrogen) atoms. The van der Waals surface area contributed by atoms with Gasteiger partial charge < -0.3 is 4.74 Å². The molecule has 0 spiro atoms. The zero-order chi connectivity index (χ0) is 10.6. The van der Waals surface area contributed by atoms with Crippen molar-refractivity contribution in [2.45, 2.75) is 40.2 Å². The van der Waals surface area contributed by atoms with Gasteiger partial charge in [0.2, 0.25) is 0 Å². The first-order valence-electron chi connectivity index (χ1n) is 4.21. The van der Waals surface area contributed by atoms with E-state index in [9.17, 15) is 4.79 Å². The second-order valence-corrected chi connectivity index (χ2v) is 4.05. The Balaban J connectivity index is 4.21. The number of carbonyl (C=O) groups excluding carboxylic acids is 1. The lowest BCUT2D eigenvalue weighted by Gasteiger charge is -2.22. The van der Waals surface area contributed by atoms with E-state index in [1.807, 2.05) is 34.6 Å². The lowest BCUT2D eigenvalue weighted by Crippen LogP contribution is -2.31. The van der Waals surface area contributed by atoms with E-state index in [4.69, 9.17) is 4.74 Å². The number of ether oxygens (including phenoxy) is 1. The molecule has 0 saturated carbocycles. The molecule has 4 heteroatoms. The Morgan fingerprint density at radius 1 is 1.31 bits per heavy atom. The molecular weight excluding hydrogens is 168 g/mol. The molecule has 0 aromatic carbocycles. The minimum atomic E-state index is -0.470. The summed E-state index contributed by atoms with van der Waals surface area (Å²) in [5.74, 6) is 0. The standard InChI is InChI=1S/C9H18N2O2/c1-7(2)10-11(6)8(12)13-9(3,4)5/h1-6H3. The first-order chi connectivity index (χ1) is 5.72. The summed E-state index contributed by atoms with van der Waals surface area (Å²) >= 11 is 0. The molecule has 0 aromatic heterocycles. The number of hydrazone groups is 1. The van der Waals surface area contributed by atoms with E-state index < -0.39 is 11.7 Å². The highest BCUT2D eigenvalue weighted by Crippen LogP contribution is 2.09. The van der Waals surface area contributed by atoms with Gasteiger partial charge in [0.15, 0.2) is 0 Å². The second-order valence-electron chi connectivity index (χ2n) is 4.05. The highest BCUT2D eigenvalue weighted by Gasteiger charge is 2.18. The maximum atomic E-state index is 11.3. The molecule has 4 nitrogen and oxygen atoms in total. The van der Waals surface area contributed by atoms with Crippen LogP contribution in [0, 0.1) is 0 Å². The van der Waals surface area contributed by atoms with Gasteiger partial charge in [-0.05, 0) is 34.6 Å². The van der Waals surface area contributed by atoms with Crippen molar-refractivity contribution in [1.29, 1.82) is 0 Å². The van der Waals surface area contributed by atoms with Crippen LogP contribution in [0.3, 0.4) is 0 Å². The van der Waals surface area contributed by atoms with Crippen molar-refractivity contribution >= 4 is 11.8 Å². The lowest BCUT2D eigenvalue weighted by atomic mass is 10.2. The van der Waals surface area contributed by atoms with Gasteiger partial charge in [-0.3, -0.25) is 0 Å². The smallest absolute Gasteiger partial charge is 0.430 e. The van der Waals surface area contributed by atoms with Gasteiger partial charge in [-0.15, -0.1) is 0 Å². The van der Waals surface area contributed by atoms with Crippen molar-refractivity contribution in [3.8, 4) is 0 Å². The Hall–Kier alpha value is -1.06. The number of amides is 1. The molecule has 0 saturated heterocycles. The van der Waals surface area contributed by atoms with E-state index >= 15 is 0 Å². The quantitative estimate of drug-likeness (QED) is 0.465. The molecule has 0 atom stereocenters. The first-order valence-corrected chi connectivity index (χ1v) is 4.21. The van der Waals surface area contributed by atoms with Crippen LogP contribution in [0.4, 0.5) is 4.79 Å². The second kappa shape index (κ2) is 4.25. The summed E-state index contributed by atoms with van der Waals surface area (Å²) < 4.78 is 5.08. The highest BCUT2D eigenvalue weighted by atomic mass is 16.6. The number of hydrogen-bond donors (Lipinski definition) is 0. The van der Waals surface area contributed by atoms with Gasteiger partial charge in [0.1, 0.15) is 5.60 Å². The van der Waals surface area contributed by atoms with Crippen molar-refractivity contribution in [1.82, 2.24) is 5.01 Å². The van der Waals surface area contributed by atoms with Crippen LogP contribution < -0.4 is 0 Å². The third-order valence-electron chi connectivity index (χ3n) is 1.01. The highest BCUT2D eigenvalue weighted by molar-refractivity contribution is 5.80. The number of hydrogen-bond acceptors (Lipinski definition) is 3. The van der Waals surface area contributed by atoms with Crippen molar-refractivity contribution in [2.75, 3.05) is 7.05 Å². The molecule has 0 aliphatic carbocycles. The van der Waals surface area contributed by atoms with Gasteiger partial charge in [-0.25, -0.2) is 9.80 Å². The van der Waals surface area contributed by atoms with Crippen molar-refractivity contribution < 1.29 is 9.53 Å². The Bertz CT molecular complexity index is 212. The maximum Gasteiger partial charge on any atom is 0.430 e. The number of rotatable bonds is 1. The van der Waals surface area contributed by atoms with Crippen LogP contribution in [0.1, 0.15) is 34.6 Å². The van der Waals surface area contributed by atoms with Gasteiger partial charge in [0.05, 0.1) is 0 Å². The van der Waals surface area contributed by atoms with E-state index in [2.05, 4.69) is 5.10 Å². The largest absolute Gasteiger partial charge is 0.442 e. The Kier molecular flexibility index (Phi) is 3.91. The molecule has 0 heterocycles. The molecule has 76 valence electrons. The van der Waals surface area contributed by atoms with Crippen LogP contribution in [-0.2, 0) is 4.74 Å². The fraction of sp³-hybridized carbons (Fsp3) is 0.778. The molecular formula is C9H18N2O2. The Morgan fingerprint density at radius 3 is 2.08 bits per heavy atom. The molecule has 1 amide bonds. The molecule has 0 bridgehead atoms. The summed E-state index contributed by atoms with van der Waals surface area (Å²) in [5.41, 5.74) is 0.344. The van der Waals surface area contributed by atoms with Gasteiger partial charge in [-0.2, -0.15) is 5.10 Å². The topological polar surface area (TPSA) is 41.9 Å². The predicted molar refractivity (Wildman–Crippen MR) is 52.8 cm³/mol. The molecule has 0 fully saturated rings. The van der Waals surface area contributed by atoms with Crippen LogP contribution in [0.2, 0.25) is 0 Å². The van der Waals surface area contributed by atoms with E-state index in [0.717, 1.165) is 5.71 Å². The molecule has 0 aliphatic heterocycles. The van der Waals surface area contributed by atoms with Crippen molar-refractivity contribution in [3.63, 3.8) is 0 Å². The zero-order valence-corrected chi connectivity index (χ0v) is 9.21. The van der Waals surface area contributed by atoms with Crippen LogP contribution >= 0.6 is 0 Å². The molecule has 0 radical (unpaired) electrons. The lowest BCUT2D eigenvalue weighted by molar-refractivity contribution is 0.0303. The fourth-order valence-corrected chi connectivity index (χ4v) is 0.669. The molecule has 0 unspecified atom stereocenters. The maximum absolute atomic E-state index is 11.3. The molecule has 0 aliphatic rings. The Morgan fingerprint density at radius 2 is 1.77 bits per heavy atom. The van der Waals surface area contributed by atoms with Gasteiger partial charge in [-0.1, -0.05) is 0 Å². The monoisotopic (exact) mass is 186 g/mol. The average Bonchev–Trinajstić information content (AvgIpc) is 1.81. The van der Waals surface area contributed by atoms with E-state index in [1.54, 1.807) is 7.05 Å². The molecule has 0 rings (SSSR count). The molecule has 0 aromatic rings. The minimum absolute atomic E-state index is 0.436. The molecule has 0 N–H and O–H groups in total. The van der Waals surface area contributed by atoms with E-state index in [-0.39, 0.29) is 0 Å². The van der Waals surface area contributed by atoms with Crippen molar-refractivity contribution in [2.24, 2.45) is 5.10 Å². The van der Waals surface area contributed by atoms with Gasteiger partial charge in [0.25, 0.3) is 0 Å². The van der Waals surface area contributed by atoms with Crippen LogP contribution in [0.15, 0.2) is 5.10 Å². The number of nitrogens with zero attached hydrogens (tertiary/aromatic N) is 2. The Labute approximate surface area is 79.6 Å². The van der Waals surface area contributed by atoms with Gasteiger partial charge in [0, 0.05) is 12.8 Å². The summed E-state index contributed by atoms with van der Waals surface area (Å²) in [5, 5.41) is 5.13. The average molecular weight is 186 g/mol. The van der Waals surface area contributed by atoms with Crippen molar-refractivity contribution in [3.05, 3.63) is 0 Å². The van der Waals surface area contributed by atoms with Gasteiger partial charge >= 0.3 is 6.09 Å². The zero-order valence-electron chi connectivity index (χ0n) is 9.21. The first kappa shape index (κ1) is 11.9. The fourth-order valence-electron chi connectivity index (χ4n) is 0.669. The summed E-state index contributed by atoms with van der Waals surface area (Å²) in [6.07, 6.45) is -0.436. The van der Waals surface area contributed by atoms with Crippen LogP contribution in [0.25, 0.3) is 0 Å². The van der Waals surface area contributed by atoms with E-state index in [0.29, 0.717) is 0 Å². The van der Waals surface area contributed by atoms with Crippen LogP contribution in [0.5, 0.6) is 0 Å². The summed E-state index contributed by atoms with van der Waals surface area (Å²) in [6.45, 7) is 9.10. The minimum Gasteiger partial charge on any atom is -0.442 e. The predicted octanol–water partition coefficient (Wildman–Crippen LogP) is 2.25. The SMILES string of the molecule is CC(C)=NN(C)C(=O)OC(C)(C)C.